The number of amides is 1. The van der Waals surface area contributed by atoms with E-state index in [-0.39, 0.29) is 32.6 Å². The first-order valence-electron chi connectivity index (χ1n) is 11.0. The van der Waals surface area contributed by atoms with E-state index in [1.165, 1.54) is 21.9 Å². The molecule has 1 atom stereocenters. The largest absolute Gasteiger partial charge is 0.481 e. The first-order valence-corrected chi connectivity index (χ1v) is 11.0. The molecule has 0 bridgehead atoms. The summed E-state index contributed by atoms with van der Waals surface area (Å²) in [5, 5.41) is 46.1. The van der Waals surface area contributed by atoms with Crippen LogP contribution in [-0.2, 0) is 35.2 Å². The van der Waals surface area contributed by atoms with Crippen molar-refractivity contribution in [1.82, 2.24) is 9.80 Å². The van der Waals surface area contributed by atoms with E-state index < -0.39 is 67.9 Å². The topological polar surface area (TPSA) is 239 Å². The van der Waals surface area contributed by atoms with Crippen LogP contribution in [0.3, 0.4) is 0 Å². The number of carbonyl (C=O) groups excluding carboxylic acids is 1. The van der Waals surface area contributed by atoms with Gasteiger partial charge in [0.25, 0.3) is 0 Å². The zero-order valence-electron chi connectivity index (χ0n) is 19.9. The van der Waals surface area contributed by atoms with Crippen molar-refractivity contribution >= 4 is 41.4 Å². The second kappa shape index (κ2) is 15.0. The van der Waals surface area contributed by atoms with Crippen molar-refractivity contribution in [1.29, 1.82) is 0 Å². The summed E-state index contributed by atoms with van der Waals surface area (Å²) in [5.74, 6) is -7.20. The number of hydrogen-bond acceptors (Lipinski definition) is 9. The first-order chi connectivity index (χ1) is 17.3. The number of nitrogens with zero attached hydrogens (tertiary/aromatic N) is 3. The van der Waals surface area contributed by atoms with Crippen molar-refractivity contribution in [2.45, 2.75) is 18.9 Å². The maximum absolute atomic E-state index is 11.6. The number of anilines is 1. The van der Waals surface area contributed by atoms with Crippen LogP contribution >= 0.6 is 0 Å². The summed E-state index contributed by atoms with van der Waals surface area (Å²) < 4.78 is 0. The molecule has 15 heteroatoms. The van der Waals surface area contributed by atoms with Gasteiger partial charge in [0.1, 0.15) is 12.6 Å². The Labute approximate surface area is 211 Å². The highest BCUT2D eigenvalue weighted by molar-refractivity contribution is 5.84. The molecule has 0 heterocycles. The van der Waals surface area contributed by atoms with Gasteiger partial charge in [-0.3, -0.25) is 38.6 Å². The third kappa shape index (κ3) is 12.3. The number of aliphatic carboxylic acids is 5. The van der Waals surface area contributed by atoms with Crippen LogP contribution < -0.4 is 10.6 Å². The molecule has 1 aromatic rings. The second-order valence-corrected chi connectivity index (χ2v) is 8.11. The minimum Gasteiger partial charge on any atom is -0.481 e. The molecule has 1 amide bonds. The number of nitrogens with two attached hydrogens (primary N) is 1. The zero-order valence-corrected chi connectivity index (χ0v) is 19.9. The fourth-order valence-electron chi connectivity index (χ4n) is 3.54. The maximum Gasteiger partial charge on any atom is 0.323 e. The summed E-state index contributed by atoms with van der Waals surface area (Å²) in [5.41, 5.74) is 6.04. The molecule has 37 heavy (non-hydrogen) atoms. The molecule has 1 rings (SSSR count). The third-order valence-electron chi connectivity index (χ3n) is 5.19. The molecular weight excluding hydrogens is 496 g/mol. The van der Waals surface area contributed by atoms with Crippen LogP contribution in [-0.4, -0.2) is 123 Å². The highest BCUT2D eigenvalue weighted by Crippen LogP contribution is 2.16. The van der Waals surface area contributed by atoms with Crippen molar-refractivity contribution in [3.05, 3.63) is 29.8 Å². The van der Waals surface area contributed by atoms with E-state index in [9.17, 15) is 44.1 Å². The average molecular weight is 526 g/mol. The number of primary amides is 1. The molecule has 15 nitrogen and oxygen atoms in total. The maximum atomic E-state index is 11.6. The summed E-state index contributed by atoms with van der Waals surface area (Å²) >= 11 is 0. The Morgan fingerprint density at radius 2 is 1.24 bits per heavy atom. The second-order valence-electron chi connectivity index (χ2n) is 8.11. The van der Waals surface area contributed by atoms with Crippen LogP contribution in [0.25, 0.3) is 0 Å². The molecule has 0 spiro atoms. The molecule has 0 fully saturated rings. The molecule has 204 valence electrons. The quantitative estimate of drug-likeness (QED) is 0.118. The molecule has 0 saturated carbocycles. The molecule has 0 aliphatic rings. The fraction of sp³-hybridized carbons (Fsp3) is 0.455. The molecule has 0 radical (unpaired) electrons. The lowest BCUT2D eigenvalue weighted by Crippen LogP contribution is -2.50. The summed E-state index contributed by atoms with van der Waals surface area (Å²) in [6.07, 6.45) is -0.864. The van der Waals surface area contributed by atoms with Crippen molar-refractivity contribution in [3.63, 3.8) is 0 Å². The van der Waals surface area contributed by atoms with E-state index in [1.54, 1.807) is 12.1 Å². The van der Waals surface area contributed by atoms with Gasteiger partial charge in [-0.1, -0.05) is 12.1 Å². The summed E-state index contributed by atoms with van der Waals surface area (Å²) in [4.78, 5) is 71.5. The van der Waals surface area contributed by atoms with Crippen molar-refractivity contribution in [3.8, 4) is 0 Å². The van der Waals surface area contributed by atoms with Crippen LogP contribution in [0.15, 0.2) is 24.3 Å². The van der Waals surface area contributed by atoms with Gasteiger partial charge < -0.3 is 36.2 Å². The summed E-state index contributed by atoms with van der Waals surface area (Å²) in [6, 6.07) is 4.61. The van der Waals surface area contributed by atoms with Crippen molar-refractivity contribution in [2.75, 3.05) is 50.7 Å². The molecule has 0 aliphatic carbocycles. The molecule has 1 aromatic carbocycles. The number of carbonyl (C=O) groups is 6. The van der Waals surface area contributed by atoms with E-state index in [1.807, 2.05) is 0 Å². The van der Waals surface area contributed by atoms with E-state index in [0.717, 1.165) is 4.90 Å². The Hall–Kier alpha value is -4.24. The Morgan fingerprint density at radius 1 is 0.703 bits per heavy atom. The summed E-state index contributed by atoms with van der Waals surface area (Å²) in [7, 11) is 0. The minimum atomic E-state index is -1.53. The Bertz CT molecular complexity index is 983. The van der Waals surface area contributed by atoms with Crippen LogP contribution in [0.4, 0.5) is 5.69 Å². The van der Waals surface area contributed by atoms with E-state index in [4.69, 9.17) is 15.9 Å². The van der Waals surface area contributed by atoms with E-state index in [2.05, 4.69) is 0 Å². The molecule has 0 aromatic heterocycles. The van der Waals surface area contributed by atoms with Gasteiger partial charge in [-0.15, -0.1) is 0 Å². The summed E-state index contributed by atoms with van der Waals surface area (Å²) in [6.45, 7) is -1.99. The normalized spacial score (nSPS) is 11.7. The standard InChI is InChI=1S/C22H30N4O11/c23-17(27)10-16(22(36)37)26(13-21(34)35)8-6-24(11-19(30)31)5-7-25(12-20(32)33)15-3-1-14(2-4-15)9-18(28)29/h1-4,16H,5-13H2,(H2,23,27)(H,28,29)(H,30,31)(H,32,33)(H,34,35)(H,36,37). The van der Waals surface area contributed by atoms with E-state index in [0.29, 0.717) is 11.3 Å². The van der Waals surface area contributed by atoms with Crippen molar-refractivity contribution < 1.29 is 54.3 Å². The van der Waals surface area contributed by atoms with Crippen molar-refractivity contribution in [2.24, 2.45) is 5.73 Å². The van der Waals surface area contributed by atoms with Crippen LogP contribution in [0.1, 0.15) is 12.0 Å². The predicted molar refractivity (Wildman–Crippen MR) is 126 cm³/mol. The Kier molecular flexibility index (Phi) is 12.5. The van der Waals surface area contributed by atoms with Gasteiger partial charge in [0, 0.05) is 31.9 Å². The van der Waals surface area contributed by atoms with Gasteiger partial charge in [0.2, 0.25) is 5.91 Å². The first kappa shape index (κ1) is 30.8. The fourth-order valence-corrected chi connectivity index (χ4v) is 3.54. The number of carboxylic acid groups (broad SMARTS) is 5. The van der Waals surface area contributed by atoms with Gasteiger partial charge in [0.05, 0.1) is 25.9 Å². The highest BCUT2D eigenvalue weighted by Gasteiger charge is 2.29. The number of carboxylic acids is 5. The number of benzene rings is 1. The lowest BCUT2D eigenvalue weighted by atomic mass is 10.1. The Balaban J connectivity index is 3.02. The Morgan fingerprint density at radius 3 is 1.70 bits per heavy atom. The van der Waals surface area contributed by atoms with E-state index >= 15 is 0 Å². The molecule has 0 aliphatic heterocycles. The smallest absolute Gasteiger partial charge is 0.323 e. The van der Waals surface area contributed by atoms with Crippen LogP contribution in [0.2, 0.25) is 0 Å². The third-order valence-corrected chi connectivity index (χ3v) is 5.19. The highest BCUT2D eigenvalue weighted by atomic mass is 16.4. The predicted octanol–water partition coefficient (Wildman–Crippen LogP) is -1.69. The van der Waals surface area contributed by atoms with Gasteiger partial charge in [0.15, 0.2) is 0 Å². The SMILES string of the molecule is NC(=O)CC(C(=O)O)N(CCN(CCN(CC(=O)O)c1ccc(CC(=O)O)cc1)CC(=O)O)CC(=O)O. The van der Waals surface area contributed by atoms with Gasteiger partial charge in [-0.05, 0) is 17.7 Å². The van der Waals surface area contributed by atoms with Crippen LogP contribution in [0.5, 0.6) is 0 Å². The number of rotatable bonds is 19. The lowest BCUT2D eigenvalue weighted by Gasteiger charge is -2.31. The van der Waals surface area contributed by atoms with Gasteiger partial charge in [-0.2, -0.15) is 0 Å². The molecule has 7 N–H and O–H groups in total. The van der Waals surface area contributed by atoms with Crippen LogP contribution in [0, 0.1) is 0 Å². The minimum absolute atomic E-state index is 0.00489. The van der Waals surface area contributed by atoms with Gasteiger partial charge >= 0.3 is 29.8 Å². The molecule has 0 saturated heterocycles. The molecule has 1 unspecified atom stereocenters. The molecular formula is C22H30N4O11. The monoisotopic (exact) mass is 526 g/mol. The zero-order chi connectivity index (χ0) is 28.1. The average Bonchev–Trinajstić information content (AvgIpc) is 2.76. The number of hydrogen-bond donors (Lipinski definition) is 6. The lowest BCUT2D eigenvalue weighted by molar-refractivity contribution is -0.149. The van der Waals surface area contributed by atoms with Gasteiger partial charge in [-0.25, -0.2) is 0 Å².